The van der Waals surface area contributed by atoms with Crippen LogP contribution in [0.1, 0.15) is 64.7 Å². The second kappa shape index (κ2) is 10.9. The average molecular weight is 262 g/mol. The summed E-state index contributed by atoms with van der Waals surface area (Å²) in [6, 6.07) is 10.2. The standard InChI is InChI=1S/C17H30N2/c1-2-3-4-5-6-7-8-9-13-16-19(18)17-14-11-10-12-15-17/h10-12,14-15H,2-9,13,16,18H2,1H3. The second-order valence-corrected chi connectivity index (χ2v) is 5.36. The van der Waals surface area contributed by atoms with Crippen LogP contribution in [0.5, 0.6) is 0 Å². The molecule has 0 amide bonds. The summed E-state index contributed by atoms with van der Waals surface area (Å²) in [6.45, 7) is 3.23. The van der Waals surface area contributed by atoms with Gasteiger partial charge in [-0.15, -0.1) is 0 Å². The number of hydrogen-bond donors (Lipinski definition) is 1. The first-order valence-corrected chi connectivity index (χ1v) is 7.92. The van der Waals surface area contributed by atoms with Crippen LogP contribution in [-0.4, -0.2) is 6.54 Å². The summed E-state index contributed by atoms with van der Waals surface area (Å²) < 4.78 is 0. The SMILES string of the molecule is CCCCCCCCCCCN(N)c1ccccc1. The largest absolute Gasteiger partial charge is 0.311 e. The van der Waals surface area contributed by atoms with Gasteiger partial charge in [0.1, 0.15) is 0 Å². The summed E-state index contributed by atoms with van der Waals surface area (Å²) in [5, 5.41) is 1.86. The number of para-hydroxylation sites is 1. The van der Waals surface area contributed by atoms with Crippen molar-refractivity contribution in [2.45, 2.75) is 64.7 Å². The van der Waals surface area contributed by atoms with E-state index in [1.54, 1.807) is 0 Å². The molecule has 0 aliphatic rings. The lowest BCUT2D eigenvalue weighted by Gasteiger charge is -2.18. The minimum absolute atomic E-state index is 0.958. The zero-order chi connectivity index (χ0) is 13.8. The van der Waals surface area contributed by atoms with Gasteiger partial charge in [-0.05, 0) is 18.6 Å². The molecule has 1 rings (SSSR count). The van der Waals surface area contributed by atoms with E-state index in [1.807, 2.05) is 23.2 Å². The van der Waals surface area contributed by atoms with E-state index in [4.69, 9.17) is 5.84 Å². The van der Waals surface area contributed by atoms with Crippen LogP contribution in [-0.2, 0) is 0 Å². The zero-order valence-electron chi connectivity index (χ0n) is 12.5. The lowest BCUT2D eigenvalue weighted by Crippen LogP contribution is -2.31. The van der Waals surface area contributed by atoms with Gasteiger partial charge in [-0.3, -0.25) is 0 Å². The highest BCUT2D eigenvalue weighted by Gasteiger charge is 1.99. The highest BCUT2D eigenvalue weighted by atomic mass is 15.4. The lowest BCUT2D eigenvalue weighted by molar-refractivity contribution is 0.563. The molecule has 0 heterocycles. The van der Waals surface area contributed by atoms with Gasteiger partial charge >= 0.3 is 0 Å². The van der Waals surface area contributed by atoms with Crippen LogP contribution in [0.3, 0.4) is 0 Å². The minimum Gasteiger partial charge on any atom is -0.311 e. The number of rotatable bonds is 11. The molecule has 2 heteroatoms. The van der Waals surface area contributed by atoms with Gasteiger partial charge in [-0.25, -0.2) is 5.84 Å². The van der Waals surface area contributed by atoms with E-state index in [-0.39, 0.29) is 0 Å². The third-order valence-corrected chi connectivity index (χ3v) is 3.59. The number of anilines is 1. The average Bonchev–Trinajstić information content (AvgIpc) is 2.46. The van der Waals surface area contributed by atoms with Crippen LogP contribution in [0.2, 0.25) is 0 Å². The molecule has 2 N–H and O–H groups in total. The van der Waals surface area contributed by atoms with Crippen LogP contribution < -0.4 is 10.9 Å². The lowest BCUT2D eigenvalue weighted by atomic mass is 10.1. The van der Waals surface area contributed by atoms with E-state index in [0.717, 1.165) is 12.2 Å². The molecule has 0 bridgehead atoms. The van der Waals surface area contributed by atoms with Crippen molar-refractivity contribution in [3.63, 3.8) is 0 Å². The molecule has 19 heavy (non-hydrogen) atoms. The molecule has 0 aliphatic carbocycles. The Morgan fingerprint density at radius 1 is 0.789 bits per heavy atom. The third kappa shape index (κ3) is 7.89. The molecule has 0 fully saturated rings. The fraction of sp³-hybridized carbons (Fsp3) is 0.647. The van der Waals surface area contributed by atoms with E-state index in [1.165, 1.54) is 57.8 Å². The zero-order valence-corrected chi connectivity index (χ0v) is 12.5. The van der Waals surface area contributed by atoms with E-state index in [9.17, 15) is 0 Å². The van der Waals surface area contributed by atoms with Gasteiger partial charge in [0.05, 0.1) is 5.69 Å². The highest BCUT2D eigenvalue weighted by Crippen LogP contribution is 2.12. The van der Waals surface area contributed by atoms with Crippen molar-refractivity contribution in [1.82, 2.24) is 0 Å². The van der Waals surface area contributed by atoms with Crippen molar-refractivity contribution in [3.05, 3.63) is 30.3 Å². The predicted molar refractivity (Wildman–Crippen MR) is 85.2 cm³/mol. The first kappa shape index (κ1) is 16.0. The van der Waals surface area contributed by atoms with E-state index in [0.29, 0.717) is 0 Å². The van der Waals surface area contributed by atoms with Gasteiger partial charge in [0, 0.05) is 6.54 Å². The summed E-state index contributed by atoms with van der Waals surface area (Å²) in [6.07, 6.45) is 12.2. The molecule has 1 aromatic rings. The number of hydrogen-bond acceptors (Lipinski definition) is 2. The maximum absolute atomic E-state index is 6.02. The molecule has 0 unspecified atom stereocenters. The van der Waals surface area contributed by atoms with Gasteiger partial charge in [0.25, 0.3) is 0 Å². The Hall–Kier alpha value is -1.02. The van der Waals surface area contributed by atoms with Crippen molar-refractivity contribution >= 4 is 5.69 Å². The topological polar surface area (TPSA) is 29.3 Å². The van der Waals surface area contributed by atoms with Crippen molar-refractivity contribution in [2.24, 2.45) is 5.84 Å². The van der Waals surface area contributed by atoms with E-state index < -0.39 is 0 Å². The number of nitrogens with two attached hydrogens (primary N) is 1. The smallest absolute Gasteiger partial charge is 0.0517 e. The molecular formula is C17H30N2. The van der Waals surface area contributed by atoms with Crippen LogP contribution in [0.15, 0.2) is 30.3 Å². The number of unbranched alkanes of at least 4 members (excludes halogenated alkanes) is 8. The molecule has 0 radical (unpaired) electrons. The summed E-state index contributed by atoms with van der Waals surface area (Å²) >= 11 is 0. The summed E-state index contributed by atoms with van der Waals surface area (Å²) in [4.78, 5) is 0. The normalized spacial score (nSPS) is 10.6. The van der Waals surface area contributed by atoms with Gasteiger partial charge in [-0.2, -0.15) is 0 Å². The molecule has 0 aromatic heterocycles. The Bertz CT molecular complexity index is 297. The first-order chi connectivity index (χ1) is 9.34. The molecule has 2 nitrogen and oxygen atoms in total. The predicted octanol–water partition coefficient (Wildman–Crippen LogP) is 4.90. The van der Waals surface area contributed by atoms with Crippen molar-refractivity contribution in [1.29, 1.82) is 0 Å². The van der Waals surface area contributed by atoms with Crippen LogP contribution in [0.25, 0.3) is 0 Å². The van der Waals surface area contributed by atoms with Crippen molar-refractivity contribution in [2.75, 3.05) is 11.6 Å². The number of benzene rings is 1. The molecule has 0 atom stereocenters. The molecule has 0 saturated carbocycles. The molecule has 1 aromatic carbocycles. The highest BCUT2D eigenvalue weighted by molar-refractivity contribution is 5.43. The molecule has 108 valence electrons. The Labute approximate surface area is 119 Å². The Morgan fingerprint density at radius 2 is 1.32 bits per heavy atom. The van der Waals surface area contributed by atoms with Gasteiger partial charge < -0.3 is 5.01 Å². The summed E-state index contributed by atoms with van der Waals surface area (Å²) in [5.41, 5.74) is 1.11. The van der Waals surface area contributed by atoms with Crippen molar-refractivity contribution < 1.29 is 0 Å². The van der Waals surface area contributed by atoms with Crippen LogP contribution >= 0.6 is 0 Å². The fourth-order valence-corrected chi connectivity index (χ4v) is 2.34. The maximum Gasteiger partial charge on any atom is 0.0517 e. The third-order valence-electron chi connectivity index (χ3n) is 3.59. The van der Waals surface area contributed by atoms with Crippen LogP contribution in [0, 0.1) is 0 Å². The molecule has 0 aliphatic heterocycles. The van der Waals surface area contributed by atoms with Gasteiger partial charge in [0.2, 0.25) is 0 Å². The van der Waals surface area contributed by atoms with Crippen LogP contribution in [0.4, 0.5) is 5.69 Å². The van der Waals surface area contributed by atoms with Gasteiger partial charge in [-0.1, -0.05) is 76.5 Å². The summed E-state index contributed by atoms with van der Waals surface area (Å²) in [7, 11) is 0. The monoisotopic (exact) mass is 262 g/mol. The Morgan fingerprint density at radius 3 is 1.89 bits per heavy atom. The number of hydrazine groups is 1. The fourth-order valence-electron chi connectivity index (χ4n) is 2.34. The van der Waals surface area contributed by atoms with Gasteiger partial charge in [0.15, 0.2) is 0 Å². The summed E-state index contributed by atoms with van der Waals surface area (Å²) in [5.74, 6) is 6.02. The van der Waals surface area contributed by atoms with E-state index in [2.05, 4.69) is 19.1 Å². The van der Waals surface area contributed by atoms with Crippen molar-refractivity contribution in [3.8, 4) is 0 Å². The minimum atomic E-state index is 0.958. The quantitative estimate of drug-likeness (QED) is 0.349. The maximum atomic E-state index is 6.02. The first-order valence-electron chi connectivity index (χ1n) is 7.92. The number of nitrogens with zero attached hydrogens (tertiary/aromatic N) is 1. The Kier molecular flexibility index (Phi) is 9.17. The van der Waals surface area contributed by atoms with E-state index >= 15 is 0 Å². The molecule has 0 saturated heterocycles. The Balaban J connectivity index is 1.93. The second-order valence-electron chi connectivity index (χ2n) is 5.36. The molecule has 0 spiro atoms. The molecular weight excluding hydrogens is 232 g/mol.